The smallest absolute Gasteiger partial charge is 0.261 e. The van der Waals surface area contributed by atoms with Gasteiger partial charge in [-0.15, -0.1) is 11.3 Å². The first-order chi connectivity index (χ1) is 13.3. The van der Waals surface area contributed by atoms with Crippen molar-refractivity contribution in [2.75, 3.05) is 12.4 Å². The van der Waals surface area contributed by atoms with E-state index >= 15 is 0 Å². The summed E-state index contributed by atoms with van der Waals surface area (Å²) in [5.74, 6) is 0.749. The van der Waals surface area contributed by atoms with E-state index in [9.17, 15) is 10.1 Å². The fourth-order valence-electron chi connectivity index (χ4n) is 3.43. The SMILES string of the molecule is COc1c(C)cc(Br)cc1C(=O)NC(=S)Nc1sc2c(c1C#N)CC[C@H](C)C2. The molecule has 2 N–H and O–H groups in total. The standard InChI is InChI=1S/C20H20BrN3O2S2/c1-10-4-5-13-15(9-22)19(28-16(13)6-10)24-20(27)23-18(25)14-8-12(21)7-11(2)17(14)26-3/h7-8,10H,4-6H2,1-3H3,(H2,23,24,25,27)/t10-/m0/s1. The number of rotatable bonds is 3. The molecule has 2 aromatic rings. The zero-order chi connectivity index (χ0) is 20.4. The number of fused-ring (bicyclic) bond motifs is 1. The molecule has 1 aliphatic rings. The van der Waals surface area contributed by atoms with Crippen molar-refractivity contribution in [1.29, 1.82) is 5.26 Å². The van der Waals surface area contributed by atoms with Gasteiger partial charge in [0.25, 0.3) is 5.91 Å². The Morgan fingerprint density at radius 1 is 1.46 bits per heavy atom. The summed E-state index contributed by atoms with van der Waals surface area (Å²) in [5, 5.41) is 16.2. The van der Waals surface area contributed by atoms with Crippen molar-refractivity contribution in [3.8, 4) is 11.8 Å². The molecule has 1 aromatic carbocycles. The molecule has 1 aliphatic carbocycles. The number of thiophene rings is 1. The van der Waals surface area contributed by atoms with Gasteiger partial charge in [0.15, 0.2) is 5.11 Å². The van der Waals surface area contributed by atoms with Crippen molar-refractivity contribution in [3.05, 3.63) is 43.7 Å². The van der Waals surface area contributed by atoms with Crippen LogP contribution in [0.2, 0.25) is 0 Å². The second-order valence-corrected chi connectivity index (χ2v) is 9.31. The zero-order valence-corrected chi connectivity index (χ0v) is 19.0. The molecule has 1 aromatic heterocycles. The molecule has 1 amide bonds. The average Bonchev–Trinajstić information content (AvgIpc) is 2.96. The Bertz CT molecular complexity index is 994. The Morgan fingerprint density at radius 3 is 2.89 bits per heavy atom. The minimum absolute atomic E-state index is 0.160. The molecule has 0 fully saturated rings. The van der Waals surface area contributed by atoms with Gasteiger partial charge in [-0.3, -0.25) is 10.1 Å². The fraction of sp³-hybridized carbons (Fsp3) is 0.350. The van der Waals surface area contributed by atoms with E-state index < -0.39 is 0 Å². The molecule has 0 unspecified atom stereocenters. The van der Waals surface area contributed by atoms with Crippen molar-refractivity contribution in [3.63, 3.8) is 0 Å². The topological polar surface area (TPSA) is 74.2 Å². The summed E-state index contributed by atoms with van der Waals surface area (Å²) in [5.41, 5.74) is 2.98. The number of hydrogen-bond donors (Lipinski definition) is 2. The maximum Gasteiger partial charge on any atom is 0.261 e. The number of amides is 1. The Morgan fingerprint density at radius 2 is 2.21 bits per heavy atom. The largest absolute Gasteiger partial charge is 0.496 e. The van der Waals surface area contributed by atoms with Crippen LogP contribution in [-0.4, -0.2) is 18.1 Å². The first-order valence-corrected chi connectivity index (χ1v) is 10.9. The second kappa shape index (κ2) is 8.60. The van der Waals surface area contributed by atoms with Gasteiger partial charge in [0.1, 0.15) is 16.8 Å². The number of aryl methyl sites for hydroxylation is 1. The van der Waals surface area contributed by atoms with Gasteiger partial charge in [-0.1, -0.05) is 22.9 Å². The lowest BCUT2D eigenvalue weighted by atomic mass is 9.89. The molecule has 0 saturated heterocycles. The lowest BCUT2D eigenvalue weighted by molar-refractivity contribution is 0.0974. The molecule has 5 nitrogen and oxygen atoms in total. The minimum atomic E-state index is -0.368. The lowest BCUT2D eigenvalue weighted by Crippen LogP contribution is -2.34. The van der Waals surface area contributed by atoms with Crippen LogP contribution in [0.15, 0.2) is 16.6 Å². The van der Waals surface area contributed by atoms with Crippen molar-refractivity contribution >= 4 is 55.5 Å². The first kappa shape index (κ1) is 20.8. The van der Waals surface area contributed by atoms with E-state index in [1.807, 2.05) is 13.0 Å². The van der Waals surface area contributed by atoms with Crippen LogP contribution >= 0.6 is 39.5 Å². The molecule has 28 heavy (non-hydrogen) atoms. The minimum Gasteiger partial charge on any atom is -0.496 e. The molecule has 0 aliphatic heterocycles. The molecule has 0 radical (unpaired) electrons. The average molecular weight is 478 g/mol. The number of methoxy groups -OCH3 is 1. The monoisotopic (exact) mass is 477 g/mol. The van der Waals surface area contributed by atoms with Crippen LogP contribution in [0.5, 0.6) is 5.75 Å². The summed E-state index contributed by atoms with van der Waals surface area (Å²) in [6, 6.07) is 5.86. The van der Waals surface area contributed by atoms with Crippen LogP contribution in [0.3, 0.4) is 0 Å². The number of benzene rings is 1. The van der Waals surface area contributed by atoms with E-state index in [2.05, 4.69) is 39.6 Å². The molecule has 0 bridgehead atoms. The Balaban J connectivity index is 1.79. The second-order valence-electron chi connectivity index (χ2n) is 6.88. The highest BCUT2D eigenvalue weighted by atomic mass is 79.9. The predicted octanol–water partition coefficient (Wildman–Crippen LogP) is 4.95. The van der Waals surface area contributed by atoms with Gasteiger partial charge >= 0.3 is 0 Å². The zero-order valence-electron chi connectivity index (χ0n) is 15.8. The molecule has 146 valence electrons. The number of hydrogen-bond acceptors (Lipinski definition) is 5. The highest BCUT2D eigenvalue weighted by Gasteiger charge is 2.25. The highest BCUT2D eigenvalue weighted by Crippen LogP contribution is 2.39. The number of nitrogens with zero attached hydrogens (tertiary/aromatic N) is 1. The predicted molar refractivity (Wildman–Crippen MR) is 119 cm³/mol. The molecule has 0 spiro atoms. The molecule has 0 saturated carbocycles. The van der Waals surface area contributed by atoms with E-state index in [1.54, 1.807) is 17.4 Å². The number of halogens is 1. The van der Waals surface area contributed by atoms with E-state index in [1.165, 1.54) is 12.0 Å². The maximum atomic E-state index is 12.7. The maximum absolute atomic E-state index is 12.7. The van der Waals surface area contributed by atoms with E-state index in [4.69, 9.17) is 17.0 Å². The molecular weight excluding hydrogens is 458 g/mol. The summed E-state index contributed by atoms with van der Waals surface area (Å²) in [4.78, 5) is 14.0. The number of ether oxygens (including phenoxy) is 1. The molecule has 3 rings (SSSR count). The van der Waals surface area contributed by atoms with Crippen LogP contribution in [0.25, 0.3) is 0 Å². The number of nitriles is 1. The van der Waals surface area contributed by atoms with E-state index in [0.717, 1.165) is 34.9 Å². The van der Waals surface area contributed by atoms with Crippen LogP contribution in [0.4, 0.5) is 5.00 Å². The highest BCUT2D eigenvalue weighted by molar-refractivity contribution is 9.10. The molecule has 8 heteroatoms. The quantitative estimate of drug-likeness (QED) is 0.611. The van der Waals surface area contributed by atoms with Gasteiger partial charge in [0.05, 0.1) is 18.2 Å². The summed E-state index contributed by atoms with van der Waals surface area (Å²) >= 11 is 10.3. The number of thiocarbonyl (C=S) groups is 1. The van der Waals surface area contributed by atoms with Gasteiger partial charge < -0.3 is 10.1 Å². The van der Waals surface area contributed by atoms with Crippen molar-refractivity contribution in [2.45, 2.75) is 33.1 Å². The fourth-order valence-corrected chi connectivity index (χ4v) is 5.63. The normalized spacial score (nSPS) is 15.3. The van der Waals surface area contributed by atoms with E-state index in [0.29, 0.717) is 27.8 Å². The first-order valence-electron chi connectivity index (χ1n) is 8.85. The van der Waals surface area contributed by atoms with Gasteiger partial charge in [-0.05, 0) is 67.6 Å². The van der Waals surface area contributed by atoms with Crippen LogP contribution < -0.4 is 15.4 Å². The third kappa shape index (κ3) is 4.22. The van der Waals surface area contributed by atoms with Crippen molar-refractivity contribution in [1.82, 2.24) is 5.32 Å². The lowest BCUT2D eigenvalue weighted by Gasteiger charge is -2.17. The third-order valence-corrected chi connectivity index (χ3v) is 6.60. The number of anilines is 1. The molecular formula is C20H20BrN3O2S2. The number of nitrogens with one attached hydrogen (secondary N) is 2. The number of carbonyl (C=O) groups excluding carboxylic acids is 1. The summed E-state index contributed by atoms with van der Waals surface area (Å²) in [6.45, 7) is 4.09. The summed E-state index contributed by atoms with van der Waals surface area (Å²) in [7, 11) is 1.53. The van der Waals surface area contributed by atoms with Gasteiger partial charge in [-0.2, -0.15) is 5.26 Å². The molecule has 1 atom stereocenters. The summed E-state index contributed by atoms with van der Waals surface area (Å²) < 4.78 is 6.15. The Kier molecular flexibility index (Phi) is 6.38. The van der Waals surface area contributed by atoms with Crippen LogP contribution in [-0.2, 0) is 12.8 Å². The van der Waals surface area contributed by atoms with Gasteiger partial charge in [0.2, 0.25) is 0 Å². The van der Waals surface area contributed by atoms with Gasteiger partial charge in [0, 0.05) is 9.35 Å². The van der Waals surface area contributed by atoms with Crippen molar-refractivity contribution < 1.29 is 9.53 Å². The van der Waals surface area contributed by atoms with E-state index in [-0.39, 0.29) is 11.0 Å². The van der Waals surface area contributed by atoms with Gasteiger partial charge in [-0.25, -0.2) is 0 Å². The number of carbonyl (C=O) groups is 1. The summed E-state index contributed by atoms with van der Waals surface area (Å²) in [6.07, 6.45) is 2.97. The molecule has 1 heterocycles. The Labute approximate surface area is 182 Å². The van der Waals surface area contributed by atoms with Crippen LogP contribution in [0.1, 0.15) is 45.3 Å². The Hall–Kier alpha value is -1.95. The van der Waals surface area contributed by atoms with Crippen LogP contribution in [0, 0.1) is 24.2 Å². The third-order valence-electron chi connectivity index (χ3n) is 4.77. The van der Waals surface area contributed by atoms with Crippen molar-refractivity contribution in [2.24, 2.45) is 5.92 Å².